The van der Waals surface area contributed by atoms with Crippen LogP contribution in [0.1, 0.15) is 17.8 Å². The maximum atomic E-state index is 12.5. The number of carbonyl (C=O) groups is 1. The summed E-state index contributed by atoms with van der Waals surface area (Å²) in [6.45, 7) is 0. The van der Waals surface area contributed by atoms with Gasteiger partial charge in [-0.2, -0.15) is 0 Å². The fourth-order valence-electron chi connectivity index (χ4n) is 1.16. The van der Waals surface area contributed by atoms with Crippen molar-refractivity contribution in [3.63, 3.8) is 0 Å². The zero-order valence-electron chi connectivity index (χ0n) is 9.02. The molecule has 0 radical (unpaired) electrons. The molecule has 18 heavy (non-hydrogen) atoms. The topological polar surface area (TPSA) is 82.3 Å². The first-order valence-electron chi connectivity index (χ1n) is 4.55. The van der Waals surface area contributed by atoms with Crippen LogP contribution in [0.4, 0.5) is 14.5 Å². The van der Waals surface area contributed by atoms with E-state index in [-0.39, 0.29) is 9.26 Å². The number of alkyl halides is 2. The number of halogens is 3. The first kappa shape index (κ1) is 14.7. The highest BCUT2D eigenvalue weighted by atomic mass is 127. The number of pyridine rings is 1. The Morgan fingerprint density at radius 2 is 2.28 bits per heavy atom. The molecule has 0 fully saturated rings. The molecule has 6 nitrogen and oxygen atoms in total. The van der Waals surface area contributed by atoms with Gasteiger partial charge in [-0.05, 0) is 22.6 Å². The second-order valence-corrected chi connectivity index (χ2v) is 4.22. The SMILES string of the molecule is COC(=O)Cc1nc(C(F)F)cc([N+](=O)[O-])c1I. The zero-order chi connectivity index (χ0) is 13.9. The van der Waals surface area contributed by atoms with Crippen molar-refractivity contribution >= 4 is 34.2 Å². The number of rotatable bonds is 4. The first-order valence-corrected chi connectivity index (χ1v) is 5.63. The Kier molecular flexibility index (Phi) is 4.87. The van der Waals surface area contributed by atoms with Crippen molar-refractivity contribution in [1.29, 1.82) is 0 Å². The molecule has 0 aliphatic carbocycles. The number of hydrogen-bond donors (Lipinski definition) is 0. The van der Waals surface area contributed by atoms with Crippen molar-refractivity contribution in [3.05, 3.63) is 31.1 Å². The van der Waals surface area contributed by atoms with Gasteiger partial charge in [0.25, 0.3) is 12.1 Å². The molecule has 0 spiro atoms. The van der Waals surface area contributed by atoms with Crippen molar-refractivity contribution in [2.45, 2.75) is 12.8 Å². The molecule has 0 aliphatic heterocycles. The molecule has 0 N–H and O–H groups in total. The molecule has 0 bridgehead atoms. The second kappa shape index (κ2) is 5.98. The molecule has 0 saturated carbocycles. The summed E-state index contributed by atoms with van der Waals surface area (Å²) >= 11 is 1.59. The predicted octanol–water partition coefficient (Wildman–Crippen LogP) is 2.25. The van der Waals surface area contributed by atoms with Gasteiger partial charge in [-0.3, -0.25) is 14.9 Å². The molecule has 0 aliphatic rings. The van der Waals surface area contributed by atoms with E-state index < -0.39 is 35.1 Å². The van der Waals surface area contributed by atoms with Gasteiger partial charge in [0.1, 0.15) is 9.26 Å². The number of aromatic nitrogens is 1. The van der Waals surface area contributed by atoms with Crippen molar-refractivity contribution in [2.75, 3.05) is 7.11 Å². The van der Waals surface area contributed by atoms with Crippen LogP contribution in [-0.2, 0) is 16.0 Å². The molecule has 98 valence electrons. The Morgan fingerprint density at radius 3 is 2.72 bits per heavy atom. The number of nitro groups is 1. The number of carbonyl (C=O) groups excluding carboxylic acids is 1. The lowest BCUT2D eigenvalue weighted by Crippen LogP contribution is -2.11. The Morgan fingerprint density at radius 1 is 1.67 bits per heavy atom. The lowest BCUT2D eigenvalue weighted by atomic mass is 10.2. The largest absolute Gasteiger partial charge is 0.469 e. The van der Waals surface area contributed by atoms with Crippen molar-refractivity contribution in [3.8, 4) is 0 Å². The monoisotopic (exact) mass is 372 g/mol. The summed E-state index contributed by atoms with van der Waals surface area (Å²) < 4.78 is 29.5. The Balaban J connectivity index is 3.31. The molecule has 1 rings (SSSR count). The van der Waals surface area contributed by atoms with Crippen LogP contribution in [0.2, 0.25) is 0 Å². The smallest absolute Gasteiger partial charge is 0.311 e. The summed E-state index contributed by atoms with van der Waals surface area (Å²) in [6.07, 6.45) is -3.34. The quantitative estimate of drug-likeness (QED) is 0.351. The van der Waals surface area contributed by atoms with E-state index in [1.165, 1.54) is 0 Å². The molecule has 1 aromatic heterocycles. The highest BCUT2D eigenvalue weighted by molar-refractivity contribution is 14.1. The molecule has 1 aromatic rings. The molecule has 0 unspecified atom stereocenters. The number of esters is 1. The third-order valence-corrected chi connectivity index (χ3v) is 3.16. The highest BCUT2D eigenvalue weighted by Crippen LogP contribution is 2.28. The minimum Gasteiger partial charge on any atom is -0.469 e. The van der Waals surface area contributed by atoms with E-state index in [9.17, 15) is 23.7 Å². The molecule has 1 heterocycles. The van der Waals surface area contributed by atoms with Crippen molar-refractivity contribution in [2.24, 2.45) is 0 Å². The summed E-state index contributed by atoms with van der Waals surface area (Å²) in [4.78, 5) is 24.5. The van der Waals surface area contributed by atoms with E-state index in [4.69, 9.17) is 0 Å². The Hall–Kier alpha value is -1.39. The lowest BCUT2D eigenvalue weighted by Gasteiger charge is -2.06. The van der Waals surface area contributed by atoms with Crippen LogP contribution < -0.4 is 0 Å². The van der Waals surface area contributed by atoms with E-state index in [1.54, 1.807) is 22.6 Å². The molecule has 9 heteroatoms. The highest BCUT2D eigenvalue weighted by Gasteiger charge is 2.23. The predicted molar refractivity (Wildman–Crippen MR) is 64.3 cm³/mol. The van der Waals surface area contributed by atoms with Gasteiger partial charge in [-0.15, -0.1) is 0 Å². The van der Waals surface area contributed by atoms with Crippen LogP contribution in [0.3, 0.4) is 0 Å². The van der Waals surface area contributed by atoms with Crippen molar-refractivity contribution < 1.29 is 23.2 Å². The van der Waals surface area contributed by atoms with E-state index in [0.29, 0.717) is 6.07 Å². The summed E-state index contributed by atoms with van der Waals surface area (Å²) in [6, 6.07) is 0.702. The van der Waals surface area contributed by atoms with Gasteiger partial charge in [-0.1, -0.05) is 0 Å². The number of nitrogens with zero attached hydrogens (tertiary/aromatic N) is 2. The van der Waals surface area contributed by atoms with E-state index >= 15 is 0 Å². The fourth-order valence-corrected chi connectivity index (χ4v) is 1.82. The zero-order valence-corrected chi connectivity index (χ0v) is 11.2. The van der Waals surface area contributed by atoms with Crippen LogP contribution in [-0.4, -0.2) is 23.0 Å². The van der Waals surface area contributed by atoms with Crippen molar-refractivity contribution in [1.82, 2.24) is 4.98 Å². The van der Waals surface area contributed by atoms with Crippen LogP contribution in [0.15, 0.2) is 6.07 Å². The average Bonchev–Trinajstić information content (AvgIpc) is 2.30. The van der Waals surface area contributed by atoms with Gasteiger partial charge < -0.3 is 4.74 Å². The number of hydrogen-bond acceptors (Lipinski definition) is 5. The normalized spacial score (nSPS) is 10.5. The summed E-state index contributed by atoms with van der Waals surface area (Å²) in [5.41, 5.74) is -1.33. The average molecular weight is 372 g/mol. The van der Waals surface area contributed by atoms with Gasteiger partial charge in [0.15, 0.2) is 0 Å². The van der Waals surface area contributed by atoms with E-state index in [1.807, 2.05) is 0 Å². The molecular formula is C9H7F2IN2O4. The molecule has 0 atom stereocenters. The first-order chi connectivity index (χ1) is 8.36. The standard InChI is InChI=1S/C9H7F2IN2O4/c1-18-7(15)3-4-8(12)6(14(16)17)2-5(13-4)9(10)11/h2,9H,3H2,1H3. The van der Waals surface area contributed by atoms with Gasteiger partial charge in [-0.25, -0.2) is 13.8 Å². The third kappa shape index (κ3) is 3.31. The van der Waals surface area contributed by atoms with Gasteiger partial charge in [0, 0.05) is 6.07 Å². The minimum absolute atomic E-state index is 0.0485. The van der Waals surface area contributed by atoms with Crippen LogP contribution in [0, 0.1) is 13.7 Å². The fraction of sp³-hybridized carbons (Fsp3) is 0.333. The van der Waals surface area contributed by atoms with E-state index in [0.717, 1.165) is 7.11 Å². The molecule has 0 saturated heterocycles. The van der Waals surface area contributed by atoms with E-state index in [2.05, 4.69) is 9.72 Å². The number of ether oxygens (including phenoxy) is 1. The summed E-state index contributed by atoms with van der Waals surface area (Å²) in [5.74, 6) is -0.707. The Bertz CT molecular complexity index is 496. The molecule has 0 aromatic carbocycles. The Labute approximate surface area is 114 Å². The minimum atomic E-state index is -2.95. The maximum Gasteiger partial charge on any atom is 0.311 e. The molecular weight excluding hydrogens is 365 g/mol. The van der Waals surface area contributed by atoms with Gasteiger partial charge in [0.05, 0.1) is 24.1 Å². The lowest BCUT2D eigenvalue weighted by molar-refractivity contribution is -0.386. The van der Waals surface area contributed by atoms with Gasteiger partial charge >= 0.3 is 5.97 Å². The van der Waals surface area contributed by atoms with Crippen LogP contribution in [0.25, 0.3) is 0 Å². The maximum absolute atomic E-state index is 12.5. The molecule has 0 amide bonds. The van der Waals surface area contributed by atoms with Crippen LogP contribution in [0.5, 0.6) is 0 Å². The summed E-state index contributed by atoms with van der Waals surface area (Å²) in [7, 11) is 1.13. The third-order valence-electron chi connectivity index (χ3n) is 1.99. The van der Waals surface area contributed by atoms with Gasteiger partial charge in [0.2, 0.25) is 0 Å². The number of methoxy groups -OCH3 is 1. The van der Waals surface area contributed by atoms with Crippen LogP contribution >= 0.6 is 22.6 Å². The summed E-state index contributed by atoms with van der Waals surface area (Å²) in [5, 5.41) is 10.7. The second-order valence-electron chi connectivity index (χ2n) is 3.14.